The van der Waals surface area contributed by atoms with Crippen LogP contribution in [0, 0.1) is 5.41 Å². The zero-order chi connectivity index (χ0) is 18.4. The molecule has 6 heteroatoms. The molecule has 0 saturated carbocycles. The molecular weight excluding hydrogens is 322 g/mol. The van der Waals surface area contributed by atoms with Crippen LogP contribution in [0.4, 0.5) is 0 Å². The number of benzene rings is 1. The smallest absolute Gasteiger partial charge is 0.225 e. The predicted molar refractivity (Wildman–Crippen MR) is 91.8 cm³/mol. The third kappa shape index (κ3) is 3.08. The number of allylic oxidation sites excluding steroid dienone is 2. The summed E-state index contributed by atoms with van der Waals surface area (Å²) in [5.74, 6) is -0.00488. The first kappa shape index (κ1) is 17.3. The number of Topliss-reactive ketones (excluding diaryl/α,β-unsaturated/α-hetero) is 1. The Kier molecular flexibility index (Phi) is 4.22. The predicted octanol–water partition coefficient (Wildman–Crippen LogP) is 2.66. The van der Waals surface area contributed by atoms with Gasteiger partial charge in [0.15, 0.2) is 17.3 Å². The quantitative estimate of drug-likeness (QED) is 0.880. The van der Waals surface area contributed by atoms with E-state index in [0.29, 0.717) is 24.1 Å². The summed E-state index contributed by atoms with van der Waals surface area (Å²) in [7, 11) is 2.90. The molecule has 0 unspecified atom stereocenters. The van der Waals surface area contributed by atoms with Gasteiger partial charge < -0.3 is 19.9 Å². The van der Waals surface area contributed by atoms with E-state index >= 15 is 0 Å². The molecule has 3 rings (SSSR count). The summed E-state index contributed by atoms with van der Waals surface area (Å²) in [5.41, 5.74) is 1.93. The van der Waals surface area contributed by atoms with E-state index in [-0.39, 0.29) is 46.7 Å². The minimum atomic E-state index is -0.365. The van der Waals surface area contributed by atoms with Crippen molar-refractivity contribution in [1.82, 2.24) is 5.32 Å². The average Bonchev–Trinajstić information content (AvgIpc) is 2.52. The van der Waals surface area contributed by atoms with Crippen molar-refractivity contribution in [1.29, 1.82) is 0 Å². The first-order valence-electron chi connectivity index (χ1n) is 8.26. The van der Waals surface area contributed by atoms with Crippen molar-refractivity contribution in [3.05, 3.63) is 29.0 Å². The van der Waals surface area contributed by atoms with Gasteiger partial charge in [0.25, 0.3) is 0 Å². The van der Waals surface area contributed by atoms with Crippen LogP contribution in [0.25, 0.3) is 0 Å². The number of hydrogen-bond donors (Lipinski definition) is 2. The molecule has 1 aromatic carbocycles. The minimum absolute atomic E-state index is 0.0576. The fourth-order valence-electron chi connectivity index (χ4n) is 3.76. The molecule has 1 aromatic rings. The van der Waals surface area contributed by atoms with Crippen molar-refractivity contribution in [3.8, 4) is 17.2 Å². The van der Waals surface area contributed by atoms with E-state index in [2.05, 4.69) is 5.32 Å². The number of methoxy groups -OCH3 is 2. The molecule has 0 radical (unpaired) electrons. The maximum absolute atomic E-state index is 12.8. The van der Waals surface area contributed by atoms with Crippen molar-refractivity contribution in [3.63, 3.8) is 0 Å². The molecular formula is C19H23NO5. The maximum Gasteiger partial charge on any atom is 0.225 e. The van der Waals surface area contributed by atoms with Gasteiger partial charge in [-0.25, -0.2) is 0 Å². The largest absolute Gasteiger partial charge is 0.502 e. The molecule has 1 amide bonds. The average molecular weight is 345 g/mol. The van der Waals surface area contributed by atoms with Crippen LogP contribution in [0.15, 0.2) is 23.4 Å². The summed E-state index contributed by atoms with van der Waals surface area (Å²) in [6.45, 7) is 4.05. The van der Waals surface area contributed by atoms with Crippen molar-refractivity contribution >= 4 is 11.7 Å². The van der Waals surface area contributed by atoms with Gasteiger partial charge in [-0.2, -0.15) is 0 Å². The molecule has 0 saturated heterocycles. The molecule has 134 valence electrons. The molecule has 2 aliphatic rings. The highest BCUT2D eigenvalue weighted by Gasteiger charge is 2.40. The number of phenolic OH excluding ortho intramolecular Hbond substituents is 1. The number of ketones is 1. The molecule has 0 fully saturated rings. The Hall–Kier alpha value is -2.50. The lowest BCUT2D eigenvalue weighted by molar-refractivity contribution is -0.122. The van der Waals surface area contributed by atoms with Crippen molar-refractivity contribution in [2.24, 2.45) is 5.41 Å². The molecule has 0 aromatic heterocycles. The number of carbonyl (C=O) groups excluding carboxylic acids is 2. The number of phenols is 1. The molecule has 1 aliphatic carbocycles. The fraction of sp³-hybridized carbons (Fsp3) is 0.474. The normalized spacial score (nSPS) is 22.3. The van der Waals surface area contributed by atoms with E-state index in [1.807, 2.05) is 13.8 Å². The lowest BCUT2D eigenvalue weighted by atomic mass is 9.70. The highest BCUT2D eigenvalue weighted by molar-refractivity contribution is 6.02. The number of rotatable bonds is 3. The monoisotopic (exact) mass is 345 g/mol. The van der Waals surface area contributed by atoms with E-state index in [1.165, 1.54) is 14.2 Å². The summed E-state index contributed by atoms with van der Waals surface area (Å²) in [5, 5.41) is 13.0. The highest BCUT2D eigenvalue weighted by atomic mass is 16.5. The number of ether oxygens (including phenoxy) is 2. The van der Waals surface area contributed by atoms with Gasteiger partial charge in [0.2, 0.25) is 11.7 Å². The summed E-state index contributed by atoms with van der Waals surface area (Å²) in [6.07, 6.45) is 1.29. The molecule has 25 heavy (non-hydrogen) atoms. The molecule has 0 spiro atoms. The molecule has 1 atom stereocenters. The number of amides is 1. The summed E-state index contributed by atoms with van der Waals surface area (Å²) >= 11 is 0. The van der Waals surface area contributed by atoms with Crippen LogP contribution < -0.4 is 14.8 Å². The van der Waals surface area contributed by atoms with Gasteiger partial charge in [0, 0.05) is 30.0 Å². The highest BCUT2D eigenvalue weighted by Crippen LogP contribution is 2.46. The molecule has 0 bridgehead atoms. The first-order chi connectivity index (χ1) is 11.8. The topological polar surface area (TPSA) is 84.9 Å². The minimum Gasteiger partial charge on any atom is -0.502 e. The standard InChI is InChI=1S/C19H23NO5/c1-19(2)8-12-17(13(21)9-19)11(7-16(22)20-12)10-5-14(24-3)18(23)15(6-10)25-4/h5-6,11,23H,7-9H2,1-4H3,(H,20,22)/t11-/m0/s1. The van der Waals surface area contributed by atoms with E-state index in [4.69, 9.17) is 9.47 Å². The van der Waals surface area contributed by atoms with Gasteiger partial charge in [-0.05, 0) is 29.5 Å². The summed E-state index contributed by atoms with van der Waals surface area (Å²) in [6, 6.07) is 3.33. The van der Waals surface area contributed by atoms with Gasteiger partial charge in [0.05, 0.1) is 14.2 Å². The van der Waals surface area contributed by atoms with Crippen molar-refractivity contribution in [2.45, 2.75) is 39.0 Å². The van der Waals surface area contributed by atoms with Gasteiger partial charge >= 0.3 is 0 Å². The Morgan fingerprint density at radius 2 is 1.72 bits per heavy atom. The Morgan fingerprint density at radius 1 is 1.12 bits per heavy atom. The van der Waals surface area contributed by atoms with Crippen LogP contribution in [0.5, 0.6) is 17.2 Å². The lowest BCUT2D eigenvalue weighted by Crippen LogP contribution is -2.40. The van der Waals surface area contributed by atoms with Crippen molar-refractivity contribution in [2.75, 3.05) is 14.2 Å². The summed E-state index contributed by atoms with van der Waals surface area (Å²) in [4.78, 5) is 25.0. The maximum atomic E-state index is 12.8. The Bertz CT molecular complexity index is 753. The molecule has 1 heterocycles. The van der Waals surface area contributed by atoms with Crippen LogP contribution in [0.2, 0.25) is 0 Å². The number of hydrogen-bond acceptors (Lipinski definition) is 5. The van der Waals surface area contributed by atoms with Crippen LogP contribution in [0.3, 0.4) is 0 Å². The van der Waals surface area contributed by atoms with Crippen LogP contribution in [0.1, 0.15) is 44.6 Å². The van der Waals surface area contributed by atoms with Crippen LogP contribution >= 0.6 is 0 Å². The Morgan fingerprint density at radius 3 is 2.28 bits per heavy atom. The zero-order valence-corrected chi connectivity index (χ0v) is 14.9. The summed E-state index contributed by atoms with van der Waals surface area (Å²) < 4.78 is 10.4. The Labute approximate surface area is 146 Å². The van der Waals surface area contributed by atoms with Gasteiger partial charge in [-0.3, -0.25) is 9.59 Å². The fourth-order valence-corrected chi connectivity index (χ4v) is 3.76. The second-order valence-electron chi connectivity index (χ2n) is 7.41. The number of carbonyl (C=O) groups is 2. The van der Waals surface area contributed by atoms with Gasteiger partial charge in [-0.15, -0.1) is 0 Å². The zero-order valence-electron chi connectivity index (χ0n) is 14.9. The van der Waals surface area contributed by atoms with Crippen LogP contribution in [-0.4, -0.2) is 31.0 Å². The second-order valence-corrected chi connectivity index (χ2v) is 7.41. The molecule has 6 nitrogen and oxygen atoms in total. The van der Waals surface area contributed by atoms with Crippen LogP contribution in [-0.2, 0) is 9.59 Å². The second kappa shape index (κ2) is 6.10. The lowest BCUT2D eigenvalue weighted by Gasteiger charge is -2.38. The van der Waals surface area contributed by atoms with Gasteiger partial charge in [-0.1, -0.05) is 13.8 Å². The van der Waals surface area contributed by atoms with E-state index < -0.39 is 0 Å². The third-order valence-corrected chi connectivity index (χ3v) is 4.85. The first-order valence-corrected chi connectivity index (χ1v) is 8.26. The van der Waals surface area contributed by atoms with Crippen molar-refractivity contribution < 1.29 is 24.2 Å². The van der Waals surface area contributed by atoms with E-state index in [9.17, 15) is 14.7 Å². The van der Waals surface area contributed by atoms with E-state index in [0.717, 1.165) is 5.56 Å². The third-order valence-electron chi connectivity index (χ3n) is 4.85. The van der Waals surface area contributed by atoms with Gasteiger partial charge in [0.1, 0.15) is 0 Å². The Balaban J connectivity index is 2.13. The molecule has 2 N–H and O–H groups in total. The molecule has 1 aliphatic heterocycles. The SMILES string of the molecule is COc1cc([C@@H]2CC(=O)NC3=C2C(=O)CC(C)(C)C3)cc(OC)c1O. The number of aromatic hydroxyl groups is 1. The van der Waals surface area contributed by atoms with E-state index in [1.54, 1.807) is 12.1 Å². The number of nitrogens with one attached hydrogen (secondary N) is 1.